The van der Waals surface area contributed by atoms with Crippen LogP contribution in [0, 0.1) is 0 Å². The zero-order valence-electron chi connectivity index (χ0n) is 7.02. The molecule has 0 spiro atoms. The standard InChI is InChI=1S/C7H11N3OS/c1-5(12-2)11-6-3-9-7(8)10-4-6/h3-5H,1-2H3,(H2,8,9,10). The van der Waals surface area contributed by atoms with Crippen LogP contribution in [0.3, 0.4) is 0 Å². The average Bonchev–Trinajstić information content (AvgIpc) is 2.09. The highest BCUT2D eigenvalue weighted by Gasteiger charge is 2.01. The minimum atomic E-state index is 0.109. The molecule has 0 aliphatic carbocycles. The van der Waals surface area contributed by atoms with E-state index in [0.29, 0.717) is 5.75 Å². The molecule has 1 rings (SSSR count). The van der Waals surface area contributed by atoms with Crippen LogP contribution in [0.1, 0.15) is 6.92 Å². The fraction of sp³-hybridized carbons (Fsp3) is 0.429. The van der Waals surface area contributed by atoms with Crippen molar-refractivity contribution in [1.82, 2.24) is 9.97 Å². The zero-order chi connectivity index (χ0) is 8.97. The lowest BCUT2D eigenvalue weighted by atomic mass is 10.6. The summed E-state index contributed by atoms with van der Waals surface area (Å²) in [6.07, 6.45) is 5.10. The van der Waals surface area contributed by atoms with Crippen LogP contribution in [-0.4, -0.2) is 21.7 Å². The van der Waals surface area contributed by atoms with E-state index in [-0.39, 0.29) is 11.4 Å². The first-order chi connectivity index (χ1) is 5.72. The Hall–Kier alpha value is -0.970. The van der Waals surface area contributed by atoms with Crippen molar-refractivity contribution in [1.29, 1.82) is 0 Å². The predicted molar refractivity (Wildman–Crippen MR) is 50.0 cm³/mol. The lowest BCUT2D eigenvalue weighted by Gasteiger charge is -2.10. The molecule has 12 heavy (non-hydrogen) atoms. The number of rotatable bonds is 3. The van der Waals surface area contributed by atoms with E-state index >= 15 is 0 Å². The molecule has 0 saturated carbocycles. The highest BCUT2D eigenvalue weighted by atomic mass is 32.2. The molecular formula is C7H11N3OS. The van der Waals surface area contributed by atoms with E-state index in [1.807, 2.05) is 13.2 Å². The summed E-state index contributed by atoms with van der Waals surface area (Å²) in [5.41, 5.74) is 5.42. The van der Waals surface area contributed by atoms with E-state index in [0.717, 1.165) is 0 Å². The minimum absolute atomic E-state index is 0.109. The van der Waals surface area contributed by atoms with Crippen LogP contribution in [0.5, 0.6) is 5.75 Å². The van der Waals surface area contributed by atoms with Crippen LogP contribution in [0.2, 0.25) is 0 Å². The highest BCUT2D eigenvalue weighted by molar-refractivity contribution is 7.99. The van der Waals surface area contributed by atoms with Crippen LogP contribution < -0.4 is 10.5 Å². The number of aromatic nitrogens is 2. The van der Waals surface area contributed by atoms with E-state index in [4.69, 9.17) is 10.5 Å². The van der Waals surface area contributed by atoms with Gasteiger partial charge in [-0.25, -0.2) is 9.97 Å². The Morgan fingerprint density at radius 2 is 2.08 bits per heavy atom. The molecule has 1 unspecified atom stereocenters. The predicted octanol–water partition coefficient (Wildman–Crippen LogP) is 1.15. The number of thioether (sulfide) groups is 1. The SMILES string of the molecule is CSC(C)Oc1cnc(N)nc1. The summed E-state index contributed by atoms with van der Waals surface area (Å²) in [6, 6.07) is 0. The van der Waals surface area contributed by atoms with E-state index in [1.165, 1.54) is 0 Å². The van der Waals surface area contributed by atoms with Gasteiger partial charge < -0.3 is 10.5 Å². The molecule has 0 aliphatic rings. The molecule has 0 aliphatic heterocycles. The third kappa shape index (κ3) is 2.58. The summed E-state index contributed by atoms with van der Waals surface area (Å²) in [5, 5.41) is 0. The van der Waals surface area contributed by atoms with Gasteiger partial charge in [0.2, 0.25) is 5.95 Å². The van der Waals surface area contributed by atoms with E-state index < -0.39 is 0 Å². The summed E-state index contributed by atoms with van der Waals surface area (Å²) in [5.74, 6) is 0.908. The Kier molecular flexibility index (Phi) is 3.16. The summed E-state index contributed by atoms with van der Waals surface area (Å²) in [6.45, 7) is 1.96. The van der Waals surface area contributed by atoms with Crippen LogP contribution >= 0.6 is 11.8 Å². The van der Waals surface area contributed by atoms with Crippen molar-refractivity contribution in [3.63, 3.8) is 0 Å². The topological polar surface area (TPSA) is 61.0 Å². The third-order valence-corrected chi connectivity index (χ3v) is 2.04. The molecule has 0 radical (unpaired) electrons. The van der Waals surface area contributed by atoms with Gasteiger partial charge in [0.1, 0.15) is 5.44 Å². The molecule has 1 aromatic rings. The summed E-state index contributed by atoms with van der Waals surface area (Å²) in [4.78, 5) is 7.60. The minimum Gasteiger partial charge on any atom is -0.477 e. The van der Waals surface area contributed by atoms with Crippen molar-refractivity contribution in [2.24, 2.45) is 0 Å². The monoisotopic (exact) mass is 185 g/mol. The number of anilines is 1. The van der Waals surface area contributed by atoms with Crippen LogP contribution in [0.4, 0.5) is 5.95 Å². The second kappa shape index (κ2) is 4.15. The number of hydrogen-bond acceptors (Lipinski definition) is 5. The third-order valence-electron chi connectivity index (χ3n) is 1.28. The molecule has 4 nitrogen and oxygen atoms in total. The highest BCUT2D eigenvalue weighted by Crippen LogP contribution is 2.14. The van der Waals surface area contributed by atoms with Gasteiger partial charge >= 0.3 is 0 Å². The number of ether oxygens (including phenoxy) is 1. The molecule has 0 amide bonds. The van der Waals surface area contributed by atoms with Gasteiger partial charge in [-0.3, -0.25) is 0 Å². The van der Waals surface area contributed by atoms with Crippen LogP contribution in [0.25, 0.3) is 0 Å². The van der Waals surface area contributed by atoms with Crippen molar-refractivity contribution in [3.05, 3.63) is 12.4 Å². The van der Waals surface area contributed by atoms with Gasteiger partial charge in [-0.2, -0.15) is 0 Å². The first-order valence-corrected chi connectivity index (χ1v) is 4.78. The van der Waals surface area contributed by atoms with Crippen LogP contribution in [0.15, 0.2) is 12.4 Å². The maximum Gasteiger partial charge on any atom is 0.220 e. The van der Waals surface area contributed by atoms with Crippen LogP contribution in [-0.2, 0) is 0 Å². The lowest BCUT2D eigenvalue weighted by molar-refractivity contribution is 0.306. The fourth-order valence-electron chi connectivity index (χ4n) is 0.627. The number of nitrogen functional groups attached to an aromatic ring is 1. The molecule has 66 valence electrons. The Labute approximate surface area is 75.5 Å². The molecule has 0 bridgehead atoms. The molecule has 0 saturated heterocycles. The number of nitrogens with zero attached hydrogens (tertiary/aromatic N) is 2. The molecule has 1 atom stereocenters. The van der Waals surface area contributed by atoms with Crippen molar-refractivity contribution >= 4 is 17.7 Å². The van der Waals surface area contributed by atoms with Gasteiger partial charge in [0.05, 0.1) is 12.4 Å². The fourth-order valence-corrected chi connectivity index (χ4v) is 0.834. The second-order valence-corrected chi connectivity index (χ2v) is 3.33. The summed E-state index contributed by atoms with van der Waals surface area (Å²) in [7, 11) is 0. The normalized spacial score (nSPS) is 12.5. The maximum absolute atomic E-state index is 5.40. The van der Waals surface area contributed by atoms with Gasteiger partial charge in [-0.05, 0) is 13.2 Å². The largest absolute Gasteiger partial charge is 0.477 e. The molecule has 0 aromatic carbocycles. The summed E-state index contributed by atoms with van der Waals surface area (Å²) >= 11 is 1.61. The van der Waals surface area contributed by atoms with Gasteiger partial charge in [0, 0.05) is 0 Å². The molecular weight excluding hydrogens is 174 g/mol. The van der Waals surface area contributed by atoms with Gasteiger partial charge in [-0.1, -0.05) is 0 Å². The lowest BCUT2D eigenvalue weighted by Crippen LogP contribution is -2.06. The molecule has 5 heteroatoms. The Bertz CT molecular complexity index is 239. The second-order valence-electron chi connectivity index (χ2n) is 2.20. The molecule has 1 heterocycles. The first-order valence-electron chi connectivity index (χ1n) is 3.49. The van der Waals surface area contributed by atoms with Gasteiger partial charge in [-0.15, -0.1) is 11.8 Å². The zero-order valence-corrected chi connectivity index (χ0v) is 7.84. The Morgan fingerprint density at radius 1 is 1.50 bits per heavy atom. The smallest absolute Gasteiger partial charge is 0.220 e. The number of hydrogen-bond donors (Lipinski definition) is 1. The van der Waals surface area contributed by atoms with Crippen molar-refractivity contribution in [3.8, 4) is 5.75 Å². The van der Waals surface area contributed by atoms with Crippen molar-refractivity contribution in [2.75, 3.05) is 12.0 Å². The molecule has 1 aromatic heterocycles. The van der Waals surface area contributed by atoms with E-state index in [1.54, 1.807) is 24.2 Å². The number of nitrogens with two attached hydrogens (primary N) is 1. The first kappa shape index (κ1) is 9.12. The van der Waals surface area contributed by atoms with E-state index in [9.17, 15) is 0 Å². The van der Waals surface area contributed by atoms with Crippen molar-refractivity contribution in [2.45, 2.75) is 12.4 Å². The molecule has 0 fully saturated rings. The summed E-state index contributed by atoms with van der Waals surface area (Å²) < 4.78 is 5.40. The van der Waals surface area contributed by atoms with E-state index in [2.05, 4.69) is 9.97 Å². The Balaban J connectivity index is 2.58. The van der Waals surface area contributed by atoms with Gasteiger partial charge in [0.25, 0.3) is 0 Å². The molecule has 2 N–H and O–H groups in total. The quantitative estimate of drug-likeness (QED) is 0.716. The van der Waals surface area contributed by atoms with Crippen molar-refractivity contribution < 1.29 is 4.74 Å². The average molecular weight is 185 g/mol. The van der Waals surface area contributed by atoms with Gasteiger partial charge in [0.15, 0.2) is 5.75 Å². The Morgan fingerprint density at radius 3 is 2.58 bits per heavy atom. The maximum atomic E-state index is 5.40.